The number of nitrogens with one attached hydrogen (secondary N) is 1. The minimum absolute atomic E-state index is 0.0436. The Morgan fingerprint density at radius 1 is 1.35 bits per heavy atom. The molecule has 0 atom stereocenters. The highest BCUT2D eigenvalue weighted by molar-refractivity contribution is 5.91. The van der Waals surface area contributed by atoms with Gasteiger partial charge in [-0.2, -0.15) is 0 Å². The van der Waals surface area contributed by atoms with Gasteiger partial charge in [-0.25, -0.2) is 0 Å². The van der Waals surface area contributed by atoms with Gasteiger partial charge < -0.3 is 20.5 Å². The van der Waals surface area contributed by atoms with E-state index >= 15 is 0 Å². The van der Waals surface area contributed by atoms with Crippen LogP contribution in [0.25, 0.3) is 0 Å². The first-order chi connectivity index (χ1) is 9.79. The highest BCUT2D eigenvalue weighted by atomic mass is 16.5. The van der Waals surface area contributed by atoms with Crippen molar-refractivity contribution in [3.05, 3.63) is 29.8 Å². The van der Waals surface area contributed by atoms with Crippen LogP contribution < -0.4 is 11.1 Å². The zero-order valence-electron chi connectivity index (χ0n) is 11.6. The van der Waals surface area contributed by atoms with E-state index in [2.05, 4.69) is 5.32 Å². The standard InChI is InChI=1S/C15H22N2O3/c16-11-12-3-1-2-4-14(12)17-15(18)7-10-20-13-5-8-19-9-6-13/h1-4,13H,5-11,16H2,(H,17,18). The second-order valence-electron chi connectivity index (χ2n) is 4.84. The molecule has 1 aromatic rings. The molecule has 0 bridgehead atoms. The van der Waals surface area contributed by atoms with Crippen LogP contribution in [0, 0.1) is 0 Å². The maximum absolute atomic E-state index is 11.9. The van der Waals surface area contributed by atoms with Gasteiger partial charge in [0.25, 0.3) is 0 Å². The van der Waals surface area contributed by atoms with Crippen LogP contribution in [-0.4, -0.2) is 31.8 Å². The fourth-order valence-corrected chi connectivity index (χ4v) is 2.19. The summed E-state index contributed by atoms with van der Waals surface area (Å²) >= 11 is 0. The molecule has 1 saturated heterocycles. The number of benzene rings is 1. The summed E-state index contributed by atoms with van der Waals surface area (Å²) in [6.45, 7) is 2.36. The number of amides is 1. The number of carbonyl (C=O) groups excluding carboxylic acids is 1. The molecule has 1 aliphatic heterocycles. The molecule has 0 aliphatic carbocycles. The third-order valence-corrected chi connectivity index (χ3v) is 3.36. The highest BCUT2D eigenvalue weighted by Crippen LogP contribution is 2.15. The first kappa shape index (κ1) is 15.0. The summed E-state index contributed by atoms with van der Waals surface area (Å²) in [7, 11) is 0. The fourth-order valence-electron chi connectivity index (χ4n) is 2.19. The summed E-state index contributed by atoms with van der Waals surface area (Å²) in [5.74, 6) is -0.0436. The van der Waals surface area contributed by atoms with Gasteiger partial charge in [0.2, 0.25) is 5.91 Å². The van der Waals surface area contributed by atoms with Gasteiger partial charge in [-0.05, 0) is 24.5 Å². The number of nitrogens with two attached hydrogens (primary N) is 1. The molecule has 5 nitrogen and oxygen atoms in total. The first-order valence-corrected chi connectivity index (χ1v) is 7.07. The molecule has 1 amide bonds. The Kier molecular flexibility index (Phi) is 5.98. The molecule has 0 radical (unpaired) electrons. The maximum Gasteiger partial charge on any atom is 0.226 e. The fraction of sp³-hybridized carbons (Fsp3) is 0.533. The lowest BCUT2D eigenvalue weighted by molar-refractivity contribution is -0.118. The Labute approximate surface area is 119 Å². The lowest BCUT2D eigenvalue weighted by Gasteiger charge is -2.22. The van der Waals surface area contributed by atoms with E-state index in [1.165, 1.54) is 0 Å². The van der Waals surface area contributed by atoms with Crippen molar-refractivity contribution >= 4 is 11.6 Å². The average molecular weight is 278 g/mol. The molecular weight excluding hydrogens is 256 g/mol. The molecule has 0 unspecified atom stereocenters. The van der Waals surface area contributed by atoms with Crippen LogP contribution in [-0.2, 0) is 20.8 Å². The van der Waals surface area contributed by atoms with E-state index in [-0.39, 0.29) is 12.0 Å². The molecule has 3 N–H and O–H groups in total. The van der Waals surface area contributed by atoms with Crippen molar-refractivity contribution in [2.45, 2.75) is 31.9 Å². The quantitative estimate of drug-likeness (QED) is 0.830. The molecule has 110 valence electrons. The molecule has 1 fully saturated rings. The zero-order chi connectivity index (χ0) is 14.2. The molecule has 0 spiro atoms. The number of anilines is 1. The van der Waals surface area contributed by atoms with Crippen molar-refractivity contribution in [3.8, 4) is 0 Å². The van der Waals surface area contributed by atoms with Crippen molar-refractivity contribution in [1.82, 2.24) is 0 Å². The van der Waals surface area contributed by atoms with E-state index in [4.69, 9.17) is 15.2 Å². The van der Waals surface area contributed by atoms with Crippen molar-refractivity contribution in [3.63, 3.8) is 0 Å². The minimum Gasteiger partial charge on any atom is -0.381 e. The SMILES string of the molecule is NCc1ccccc1NC(=O)CCOC1CCOCC1. The van der Waals surface area contributed by atoms with Gasteiger partial charge in [0.1, 0.15) is 0 Å². The van der Waals surface area contributed by atoms with Gasteiger partial charge in [0.05, 0.1) is 19.1 Å². The van der Waals surface area contributed by atoms with E-state index in [0.29, 0.717) is 19.6 Å². The summed E-state index contributed by atoms with van der Waals surface area (Å²) < 4.78 is 10.9. The van der Waals surface area contributed by atoms with Crippen molar-refractivity contribution in [2.24, 2.45) is 5.73 Å². The van der Waals surface area contributed by atoms with E-state index in [1.807, 2.05) is 24.3 Å². The molecule has 20 heavy (non-hydrogen) atoms. The number of para-hydroxylation sites is 1. The van der Waals surface area contributed by atoms with Crippen LogP contribution in [0.4, 0.5) is 5.69 Å². The van der Waals surface area contributed by atoms with E-state index in [1.54, 1.807) is 0 Å². The summed E-state index contributed by atoms with van der Waals surface area (Å²) in [5.41, 5.74) is 7.36. The van der Waals surface area contributed by atoms with Crippen LogP contribution in [0.2, 0.25) is 0 Å². The maximum atomic E-state index is 11.9. The molecule has 1 heterocycles. The molecule has 0 aromatic heterocycles. The Bertz CT molecular complexity index is 431. The zero-order valence-corrected chi connectivity index (χ0v) is 11.6. The second kappa shape index (κ2) is 7.99. The van der Waals surface area contributed by atoms with Gasteiger partial charge in [0, 0.05) is 25.4 Å². The number of rotatable bonds is 6. The van der Waals surface area contributed by atoms with E-state index in [9.17, 15) is 4.79 Å². The third kappa shape index (κ3) is 4.59. The second-order valence-corrected chi connectivity index (χ2v) is 4.84. The van der Waals surface area contributed by atoms with Gasteiger partial charge >= 0.3 is 0 Å². The van der Waals surface area contributed by atoms with Crippen LogP contribution >= 0.6 is 0 Å². The molecule has 2 rings (SSSR count). The van der Waals surface area contributed by atoms with Gasteiger partial charge in [0.15, 0.2) is 0 Å². The summed E-state index contributed by atoms with van der Waals surface area (Å²) in [6, 6.07) is 7.56. The Morgan fingerprint density at radius 3 is 2.85 bits per heavy atom. The van der Waals surface area contributed by atoms with Crippen molar-refractivity contribution in [1.29, 1.82) is 0 Å². The molecule has 0 saturated carbocycles. The molecule has 1 aliphatic rings. The predicted octanol–water partition coefficient (Wildman–Crippen LogP) is 1.67. The average Bonchev–Trinajstić information content (AvgIpc) is 2.49. The normalized spacial score (nSPS) is 16.1. The smallest absolute Gasteiger partial charge is 0.226 e. The number of hydrogen-bond donors (Lipinski definition) is 2. The number of hydrogen-bond acceptors (Lipinski definition) is 4. The van der Waals surface area contributed by atoms with Crippen LogP contribution in [0.15, 0.2) is 24.3 Å². The summed E-state index contributed by atoms with van der Waals surface area (Å²) in [4.78, 5) is 11.9. The largest absolute Gasteiger partial charge is 0.381 e. The Hall–Kier alpha value is -1.43. The Balaban J connectivity index is 1.72. The first-order valence-electron chi connectivity index (χ1n) is 7.07. The van der Waals surface area contributed by atoms with Crippen molar-refractivity contribution < 1.29 is 14.3 Å². The lowest BCUT2D eigenvalue weighted by atomic mass is 10.1. The topological polar surface area (TPSA) is 73.6 Å². The van der Waals surface area contributed by atoms with Crippen LogP contribution in [0.1, 0.15) is 24.8 Å². The van der Waals surface area contributed by atoms with E-state index < -0.39 is 0 Å². The monoisotopic (exact) mass is 278 g/mol. The van der Waals surface area contributed by atoms with Gasteiger partial charge in [-0.1, -0.05) is 18.2 Å². The summed E-state index contributed by atoms with van der Waals surface area (Å²) in [6.07, 6.45) is 2.42. The predicted molar refractivity (Wildman–Crippen MR) is 77.4 cm³/mol. The molecular formula is C15H22N2O3. The Morgan fingerprint density at radius 2 is 2.10 bits per heavy atom. The van der Waals surface area contributed by atoms with Gasteiger partial charge in [-0.15, -0.1) is 0 Å². The van der Waals surface area contributed by atoms with E-state index in [0.717, 1.165) is 37.3 Å². The molecule has 5 heteroatoms. The van der Waals surface area contributed by atoms with Crippen LogP contribution in [0.3, 0.4) is 0 Å². The van der Waals surface area contributed by atoms with Crippen LogP contribution in [0.5, 0.6) is 0 Å². The van der Waals surface area contributed by atoms with Gasteiger partial charge in [-0.3, -0.25) is 4.79 Å². The van der Waals surface area contributed by atoms with Crippen molar-refractivity contribution in [2.75, 3.05) is 25.1 Å². The highest BCUT2D eigenvalue weighted by Gasteiger charge is 2.14. The number of carbonyl (C=O) groups is 1. The minimum atomic E-state index is -0.0436. The third-order valence-electron chi connectivity index (χ3n) is 3.36. The lowest BCUT2D eigenvalue weighted by Crippen LogP contribution is -2.25. The molecule has 1 aromatic carbocycles. The summed E-state index contributed by atoms with van der Waals surface area (Å²) in [5, 5.41) is 2.88. The number of ether oxygens (including phenoxy) is 2.